The Bertz CT molecular complexity index is 1310. The second kappa shape index (κ2) is 10.7. The number of carboxylic acid groups (broad SMARTS) is 1. The molecule has 38 heavy (non-hydrogen) atoms. The third-order valence-electron chi connectivity index (χ3n) is 6.55. The number of aromatic nitrogens is 1. The standard InChI is InChI=1S/C23H25N3O4S.C2HF3O2/c27-22(18-7-1-2-8-18)25-14-12-23(16-25)17-26(15-19-9-5-6-13-24-19)31(28,29)21-11-4-3-10-20(21)30-23;3-2(4,5)1(6)7/h1-6,9-11,13,18H,7-8,12,14-17H2;(H,6,7). The first kappa shape index (κ1) is 27.6. The molecule has 1 fully saturated rings. The Hall–Kier alpha value is -3.45. The Balaban J connectivity index is 0.000000426. The van der Waals surface area contributed by atoms with Crippen molar-refractivity contribution in [3.05, 3.63) is 66.5 Å². The van der Waals surface area contributed by atoms with Crippen LogP contribution in [0.15, 0.2) is 65.7 Å². The number of allylic oxidation sites excluding steroid dienone is 2. The van der Waals surface area contributed by atoms with E-state index in [9.17, 15) is 26.4 Å². The summed E-state index contributed by atoms with van der Waals surface area (Å²) in [6, 6.07) is 12.2. The van der Waals surface area contributed by atoms with E-state index in [1.165, 1.54) is 4.31 Å². The van der Waals surface area contributed by atoms with Crippen molar-refractivity contribution in [3.63, 3.8) is 0 Å². The number of likely N-dealkylation sites (tertiary alicyclic amines) is 1. The van der Waals surface area contributed by atoms with Gasteiger partial charge in [-0.05, 0) is 37.1 Å². The first-order valence-corrected chi connectivity index (χ1v) is 13.3. The number of amides is 1. The van der Waals surface area contributed by atoms with Crippen LogP contribution in [0.5, 0.6) is 5.75 Å². The zero-order chi connectivity index (χ0) is 27.6. The van der Waals surface area contributed by atoms with Crippen LogP contribution >= 0.6 is 0 Å². The molecule has 0 saturated carbocycles. The van der Waals surface area contributed by atoms with Gasteiger partial charge in [-0.15, -0.1) is 0 Å². The Labute approximate surface area is 217 Å². The molecule has 1 unspecified atom stereocenters. The van der Waals surface area contributed by atoms with Crippen LogP contribution in [0.1, 0.15) is 25.0 Å². The number of pyridine rings is 1. The molecule has 1 aromatic heterocycles. The van der Waals surface area contributed by atoms with Crippen molar-refractivity contribution in [2.75, 3.05) is 19.6 Å². The average molecular weight is 554 g/mol. The van der Waals surface area contributed by atoms with E-state index in [0.29, 0.717) is 31.0 Å². The van der Waals surface area contributed by atoms with Gasteiger partial charge in [0.2, 0.25) is 15.9 Å². The summed E-state index contributed by atoms with van der Waals surface area (Å²) in [4.78, 5) is 28.2. The fourth-order valence-corrected chi connectivity index (χ4v) is 6.29. The fourth-order valence-electron chi connectivity index (χ4n) is 4.69. The van der Waals surface area contributed by atoms with Crippen LogP contribution in [0.2, 0.25) is 0 Å². The predicted octanol–water partition coefficient (Wildman–Crippen LogP) is 3.24. The van der Waals surface area contributed by atoms with Gasteiger partial charge in [-0.2, -0.15) is 17.5 Å². The topological polar surface area (TPSA) is 117 Å². The van der Waals surface area contributed by atoms with Crippen LogP contribution in [0.25, 0.3) is 0 Å². The molecule has 1 aliphatic carbocycles. The van der Waals surface area contributed by atoms with Crippen molar-refractivity contribution < 1.29 is 41.0 Å². The largest absolute Gasteiger partial charge is 0.490 e. The number of alkyl halides is 3. The summed E-state index contributed by atoms with van der Waals surface area (Å²) in [5, 5.41) is 7.12. The molecule has 1 amide bonds. The van der Waals surface area contributed by atoms with Crippen LogP contribution in [0, 0.1) is 5.92 Å². The zero-order valence-electron chi connectivity index (χ0n) is 20.2. The Kier molecular flexibility index (Phi) is 7.79. The minimum atomic E-state index is -5.08. The molecule has 1 atom stereocenters. The van der Waals surface area contributed by atoms with Crippen molar-refractivity contribution in [2.24, 2.45) is 5.92 Å². The lowest BCUT2D eigenvalue weighted by Crippen LogP contribution is -2.50. The number of ether oxygens (including phenoxy) is 1. The van der Waals surface area contributed by atoms with Crippen molar-refractivity contribution in [2.45, 2.75) is 42.5 Å². The lowest BCUT2D eigenvalue weighted by atomic mass is 10.0. The monoisotopic (exact) mass is 553 g/mol. The van der Waals surface area contributed by atoms with Gasteiger partial charge in [0.25, 0.3) is 0 Å². The van der Waals surface area contributed by atoms with E-state index in [-0.39, 0.29) is 29.8 Å². The zero-order valence-corrected chi connectivity index (χ0v) is 21.0. The molecule has 3 heterocycles. The van der Waals surface area contributed by atoms with Crippen molar-refractivity contribution in [3.8, 4) is 5.75 Å². The summed E-state index contributed by atoms with van der Waals surface area (Å²) in [6.45, 7) is 1.27. The number of carbonyl (C=O) groups is 2. The van der Waals surface area contributed by atoms with E-state index in [4.69, 9.17) is 14.6 Å². The van der Waals surface area contributed by atoms with Crippen LogP contribution in [-0.2, 0) is 26.2 Å². The molecule has 2 aromatic rings. The van der Waals surface area contributed by atoms with Crippen LogP contribution < -0.4 is 4.74 Å². The molecule has 0 radical (unpaired) electrons. The van der Waals surface area contributed by atoms with Gasteiger partial charge in [0.15, 0.2) is 0 Å². The molecule has 13 heteroatoms. The van der Waals surface area contributed by atoms with E-state index in [1.54, 1.807) is 36.5 Å². The molecule has 1 spiro atoms. The minimum Gasteiger partial charge on any atom is -0.483 e. The highest BCUT2D eigenvalue weighted by Gasteiger charge is 2.49. The van der Waals surface area contributed by atoms with E-state index >= 15 is 0 Å². The third-order valence-corrected chi connectivity index (χ3v) is 8.38. The van der Waals surface area contributed by atoms with Gasteiger partial charge in [-0.1, -0.05) is 30.4 Å². The smallest absolute Gasteiger partial charge is 0.483 e. The van der Waals surface area contributed by atoms with Gasteiger partial charge in [0.1, 0.15) is 16.2 Å². The lowest BCUT2D eigenvalue weighted by molar-refractivity contribution is -0.192. The number of sulfonamides is 1. The summed E-state index contributed by atoms with van der Waals surface area (Å²) in [7, 11) is -3.78. The molecular weight excluding hydrogens is 527 g/mol. The molecule has 1 aromatic carbocycles. The van der Waals surface area contributed by atoms with Gasteiger partial charge < -0.3 is 14.7 Å². The molecule has 1 saturated heterocycles. The molecule has 1 N–H and O–H groups in total. The molecular formula is C25H26F3N3O6S. The van der Waals surface area contributed by atoms with E-state index in [1.807, 2.05) is 29.2 Å². The quantitative estimate of drug-likeness (QED) is 0.580. The highest BCUT2D eigenvalue weighted by Crippen LogP contribution is 2.39. The van der Waals surface area contributed by atoms with Crippen molar-refractivity contribution >= 4 is 21.9 Å². The highest BCUT2D eigenvalue weighted by atomic mass is 32.2. The van der Waals surface area contributed by atoms with E-state index in [2.05, 4.69) is 4.98 Å². The second-order valence-corrected chi connectivity index (χ2v) is 11.2. The summed E-state index contributed by atoms with van der Waals surface area (Å²) >= 11 is 0. The van der Waals surface area contributed by atoms with Gasteiger partial charge in [-0.25, -0.2) is 13.2 Å². The molecule has 5 rings (SSSR count). The van der Waals surface area contributed by atoms with Gasteiger partial charge in [0.05, 0.1) is 25.3 Å². The van der Waals surface area contributed by atoms with Gasteiger partial charge in [0, 0.05) is 25.1 Å². The predicted molar refractivity (Wildman–Crippen MR) is 128 cm³/mol. The maximum absolute atomic E-state index is 13.5. The number of aliphatic carboxylic acids is 1. The summed E-state index contributed by atoms with van der Waals surface area (Å²) in [5.74, 6) is -2.29. The molecule has 204 valence electrons. The summed E-state index contributed by atoms with van der Waals surface area (Å²) < 4.78 is 66.6. The molecule has 0 bridgehead atoms. The Morgan fingerprint density at radius 3 is 2.37 bits per heavy atom. The Morgan fingerprint density at radius 2 is 1.74 bits per heavy atom. The summed E-state index contributed by atoms with van der Waals surface area (Å²) in [5.41, 5.74) is -0.112. The van der Waals surface area contributed by atoms with Crippen molar-refractivity contribution in [1.29, 1.82) is 0 Å². The molecule has 3 aliphatic rings. The van der Waals surface area contributed by atoms with Gasteiger partial charge >= 0.3 is 12.1 Å². The number of hydrogen-bond acceptors (Lipinski definition) is 6. The number of fused-ring (bicyclic) bond motifs is 1. The van der Waals surface area contributed by atoms with Crippen LogP contribution in [0.3, 0.4) is 0 Å². The minimum absolute atomic E-state index is 0.0124. The number of halogens is 3. The Morgan fingerprint density at radius 1 is 1.08 bits per heavy atom. The lowest BCUT2D eigenvalue weighted by Gasteiger charge is -2.32. The summed E-state index contributed by atoms with van der Waals surface area (Å²) in [6.07, 6.45) is 2.80. The average Bonchev–Trinajstić information content (AvgIpc) is 3.53. The normalized spacial score (nSPS) is 22.8. The maximum Gasteiger partial charge on any atom is 0.490 e. The van der Waals surface area contributed by atoms with Crippen LogP contribution in [-0.4, -0.2) is 71.0 Å². The SMILES string of the molecule is O=C(C1CC=CC1)N1CCC2(C1)CN(Cc1ccccn1)S(=O)(=O)c1ccccc1O2.O=C(O)C(F)(F)F. The number of carbonyl (C=O) groups excluding carboxylic acids is 1. The van der Waals surface area contributed by atoms with Crippen LogP contribution in [0.4, 0.5) is 13.2 Å². The first-order valence-electron chi connectivity index (χ1n) is 11.8. The first-order chi connectivity index (χ1) is 17.9. The van der Waals surface area contributed by atoms with Crippen molar-refractivity contribution in [1.82, 2.24) is 14.2 Å². The number of rotatable bonds is 3. The molecule has 9 nitrogen and oxygen atoms in total. The number of hydrogen-bond donors (Lipinski definition) is 1. The fraction of sp³-hybridized carbons (Fsp3) is 0.400. The van der Waals surface area contributed by atoms with Gasteiger partial charge in [-0.3, -0.25) is 9.78 Å². The molecule has 2 aliphatic heterocycles. The third kappa shape index (κ3) is 5.99. The number of carboxylic acids is 1. The van der Waals surface area contributed by atoms with E-state index < -0.39 is 27.8 Å². The highest BCUT2D eigenvalue weighted by molar-refractivity contribution is 7.89. The number of para-hydroxylation sites is 1. The van der Waals surface area contributed by atoms with E-state index in [0.717, 1.165) is 12.8 Å². The maximum atomic E-state index is 13.5. The number of nitrogens with zero attached hydrogens (tertiary/aromatic N) is 3. The number of benzene rings is 1. The second-order valence-electron chi connectivity index (χ2n) is 9.28.